The zero-order valence-electron chi connectivity index (χ0n) is 8.75. The van der Waals surface area contributed by atoms with Crippen LogP contribution in [0, 0.1) is 0 Å². The summed E-state index contributed by atoms with van der Waals surface area (Å²) < 4.78 is 16.5. The van der Waals surface area contributed by atoms with E-state index in [1.54, 1.807) is 26.4 Å². The van der Waals surface area contributed by atoms with Crippen LogP contribution in [0.5, 0.6) is 17.2 Å². The van der Waals surface area contributed by atoms with Crippen molar-refractivity contribution in [2.75, 3.05) is 27.4 Å². The maximum atomic E-state index is 5.39. The Labute approximate surface area is 97.4 Å². The molecule has 0 bridgehead atoms. The number of nitrogens with two attached hydrogens (primary N) is 1. The van der Waals surface area contributed by atoms with Gasteiger partial charge in [0.25, 0.3) is 0 Å². The molecule has 0 spiro atoms. The van der Waals surface area contributed by atoms with Gasteiger partial charge in [0.15, 0.2) is 0 Å². The first-order valence-electron chi connectivity index (χ1n) is 4.47. The van der Waals surface area contributed by atoms with Gasteiger partial charge in [-0.25, -0.2) is 0 Å². The van der Waals surface area contributed by atoms with Crippen molar-refractivity contribution in [3.8, 4) is 17.2 Å². The smallest absolute Gasteiger partial charge is 0.140 e. The molecule has 0 aliphatic heterocycles. The molecule has 1 aromatic carbocycles. The molecule has 0 aliphatic rings. The zero-order valence-corrected chi connectivity index (χ0v) is 10.3. The lowest BCUT2D eigenvalue weighted by molar-refractivity contribution is 0.320. The van der Waals surface area contributed by atoms with E-state index >= 15 is 0 Å². The summed E-state index contributed by atoms with van der Waals surface area (Å²) in [5.41, 5.74) is 5.35. The molecule has 0 saturated heterocycles. The van der Waals surface area contributed by atoms with Crippen molar-refractivity contribution in [3.63, 3.8) is 0 Å². The molecule has 84 valence electrons. The molecular formula is C10H14BrNO3. The first-order valence-corrected chi connectivity index (χ1v) is 5.26. The van der Waals surface area contributed by atoms with Gasteiger partial charge in [0.1, 0.15) is 28.3 Å². The van der Waals surface area contributed by atoms with E-state index in [9.17, 15) is 0 Å². The van der Waals surface area contributed by atoms with Crippen molar-refractivity contribution in [2.45, 2.75) is 0 Å². The van der Waals surface area contributed by atoms with Crippen LogP contribution in [0.3, 0.4) is 0 Å². The molecule has 5 heteroatoms. The quantitative estimate of drug-likeness (QED) is 0.891. The molecule has 0 aromatic heterocycles. The SMILES string of the molecule is COc1cc(OCCN)cc(OC)c1Br. The molecule has 0 saturated carbocycles. The summed E-state index contributed by atoms with van der Waals surface area (Å²) in [6.45, 7) is 0.939. The fourth-order valence-electron chi connectivity index (χ4n) is 1.11. The Morgan fingerprint density at radius 1 is 1.20 bits per heavy atom. The van der Waals surface area contributed by atoms with Gasteiger partial charge in [0.05, 0.1) is 14.2 Å². The third-order valence-corrected chi connectivity index (χ3v) is 2.59. The van der Waals surface area contributed by atoms with Crippen LogP contribution >= 0.6 is 15.9 Å². The van der Waals surface area contributed by atoms with Crippen molar-refractivity contribution in [3.05, 3.63) is 16.6 Å². The molecule has 0 atom stereocenters. The minimum absolute atomic E-state index is 0.466. The van der Waals surface area contributed by atoms with Crippen molar-refractivity contribution in [2.24, 2.45) is 5.73 Å². The van der Waals surface area contributed by atoms with E-state index in [-0.39, 0.29) is 0 Å². The largest absolute Gasteiger partial charge is 0.495 e. The highest BCUT2D eigenvalue weighted by molar-refractivity contribution is 9.10. The Bertz CT molecular complexity index is 305. The standard InChI is InChI=1S/C10H14BrNO3/c1-13-8-5-7(15-4-3-12)6-9(14-2)10(8)11/h5-6H,3-4,12H2,1-2H3. The zero-order chi connectivity index (χ0) is 11.3. The summed E-state index contributed by atoms with van der Waals surface area (Å²) in [5, 5.41) is 0. The third kappa shape index (κ3) is 3.00. The molecule has 2 N–H and O–H groups in total. The van der Waals surface area contributed by atoms with Crippen LogP contribution < -0.4 is 19.9 Å². The van der Waals surface area contributed by atoms with Gasteiger partial charge in [-0.1, -0.05) is 0 Å². The van der Waals surface area contributed by atoms with Crippen molar-refractivity contribution in [1.29, 1.82) is 0 Å². The second-order valence-electron chi connectivity index (χ2n) is 2.78. The average molecular weight is 276 g/mol. The summed E-state index contributed by atoms with van der Waals surface area (Å²) >= 11 is 3.37. The normalized spacial score (nSPS) is 9.87. The summed E-state index contributed by atoms with van der Waals surface area (Å²) in [7, 11) is 3.18. The third-order valence-electron chi connectivity index (χ3n) is 1.81. The second-order valence-corrected chi connectivity index (χ2v) is 3.57. The lowest BCUT2D eigenvalue weighted by Crippen LogP contribution is -2.10. The predicted octanol–water partition coefficient (Wildman–Crippen LogP) is 1.80. The first-order chi connectivity index (χ1) is 7.22. The van der Waals surface area contributed by atoms with E-state index in [0.29, 0.717) is 30.4 Å². The lowest BCUT2D eigenvalue weighted by atomic mass is 10.3. The monoisotopic (exact) mass is 275 g/mol. The van der Waals surface area contributed by atoms with Gasteiger partial charge in [-0.05, 0) is 15.9 Å². The van der Waals surface area contributed by atoms with Crippen LogP contribution in [0.1, 0.15) is 0 Å². The average Bonchev–Trinajstić information content (AvgIpc) is 2.27. The van der Waals surface area contributed by atoms with Crippen LogP contribution in [-0.2, 0) is 0 Å². The molecule has 15 heavy (non-hydrogen) atoms. The second kappa shape index (κ2) is 5.82. The highest BCUT2D eigenvalue weighted by Gasteiger charge is 2.10. The van der Waals surface area contributed by atoms with Crippen LogP contribution in [0.15, 0.2) is 16.6 Å². The number of benzene rings is 1. The highest BCUT2D eigenvalue weighted by Crippen LogP contribution is 2.38. The molecule has 0 radical (unpaired) electrons. The Balaban J connectivity index is 2.98. The van der Waals surface area contributed by atoms with Gasteiger partial charge in [0.2, 0.25) is 0 Å². The number of methoxy groups -OCH3 is 2. The maximum absolute atomic E-state index is 5.39. The minimum Gasteiger partial charge on any atom is -0.495 e. The van der Waals surface area contributed by atoms with E-state index in [0.717, 1.165) is 4.47 Å². The van der Waals surface area contributed by atoms with Crippen LogP contribution in [0.4, 0.5) is 0 Å². The van der Waals surface area contributed by atoms with Gasteiger partial charge < -0.3 is 19.9 Å². The lowest BCUT2D eigenvalue weighted by Gasteiger charge is -2.11. The fraction of sp³-hybridized carbons (Fsp3) is 0.400. The minimum atomic E-state index is 0.466. The first kappa shape index (κ1) is 12.1. The summed E-state index contributed by atoms with van der Waals surface area (Å²) in [4.78, 5) is 0. The Morgan fingerprint density at radius 3 is 2.13 bits per heavy atom. The molecule has 1 aromatic rings. The predicted molar refractivity (Wildman–Crippen MR) is 61.8 cm³/mol. The summed E-state index contributed by atoms with van der Waals surface area (Å²) in [6.07, 6.45) is 0. The highest BCUT2D eigenvalue weighted by atomic mass is 79.9. The number of hydrogen-bond acceptors (Lipinski definition) is 4. The molecular weight excluding hydrogens is 262 g/mol. The molecule has 4 nitrogen and oxygen atoms in total. The van der Waals surface area contributed by atoms with Gasteiger partial charge in [-0.15, -0.1) is 0 Å². The van der Waals surface area contributed by atoms with Crippen molar-refractivity contribution in [1.82, 2.24) is 0 Å². The molecule has 1 rings (SSSR count). The van der Waals surface area contributed by atoms with Gasteiger partial charge >= 0.3 is 0 Å². The van der Waals surface area contributed by atoms with E-state index in [1.807, 2.05) is 0 Å². The van der Waals surface area contributed by atoms with Crippen molar-refractivity contribution < 1.29 is 14.2 Å². The van der Waals surface area contributed by atoms with Gasteiger partial charge in [-0.3, -0.25) is 0 Å². The summed E-state index contributed by atoms with van der Waals surface area (Å²) in [6, 6.07) is 3.56. The van der Waals surface area contributed by atoms with E-state index < -0.39 is 0 Å². The number of hydrogen-bond donors (Lipinski definition) is 1. The molecule has 0 aliphatic carbocycles. The number of ether oxygens (including phenoxy) is 3. The van der Waals surface area contributed by atoms with Crippen LogP contribution in [0.2, 0.25) is 0 Å². The number of rotatable bonds is 5. The van der Waals surface area contributed by atoms with E-state index in [1.165, 1.54) is 0 Å². The number of halogens is 1. The molecule has 0 fully saturated rings. The van der Waals surface area contributed by atoms with Crippen LogP contribution in [-0.4, -0.2) is 27.4 Å². The van der Waals surface area contributed by atoms with Gasteiger partial charge in [-0.2, -0.15) is 0 Å². The maximum Gasteiger partial charge on any atom is 0.140 e. The van der Waals surface area contributed by atoms with E-state index in [2.05, 4.69) is 15.9 Å². The Hall–Kier alpha value is -0.940. The molecule has 0 amide bonds. The Morgan fingerprint density at radius 2 is 1.73 bits per heavy atom. The fourth-order valence-corrected chi connectivity index (χ4v) is 1.66. The van der Waals surface area contributed by atoms with Gasteiger partial charge in [0, 0.05) is 18.7 Å². The van der Waals surface area contributed by atoms with Crippen LogP contribution in [0.25, 0.3) is 0 Å². The molecule has 0 heterocycles. The topological polar surface area (TPSA) is 53.7 Å². The molecule has 0 unspecified atom stereocenters. The van der Waals surface area contributed by atoms with Crippen molar-refractivity contribution >= 4 is 15.9 Å². The summed E-state index contributed by atoms with van der Waals surface area (Å²) in [5.74, 6) is 2.01. The Kier molecular flexibility index (Phi) is 4.71. The van der Waals surface area contributed by atoms with E-state index in [4.69, 9.17) is 19.9 Å².